The van der Waals surface area contributed by atoms with Gasteiger partial charge < -0.3 is 9.67 Å². The van der Waals surface area contributed by atoms with E-state index in [0.717, 1.165) is 31.9 Å². The van der Waals surface area contributed by atoms with Gasteiger partial charge in [0, 0.05) is 32.6 Å². The molecule has 15 heavy (non-hydrogen) atoms. The Bertz CT molecular complexity index is 311. The quantitative estimate of drug-likeness (QED) is 0.793. The van der Waals surface area contributed by atoms with Gasteiger partial charge in [0.1, 0.15) is 5.82 Å². The van der Waals surface area contributed by atoms with Crippen LogP contribution in [0.4, 0.5) is 0 Å². The lowest BCUT2D eigenvalue weighted by Crippen LogP contribution is -2.36. The van der Waals surface area contributed by atoms with Crippen LogP contribution in [-0.2, 0) is 13.6 Å². The molecule has 2 rings (SSSR count). The van der Waals surface area contributed by atoms with Gasteiger partial charge >= 0.3 is 0 Å². The van der Waals surface area contributed by atoms with Gasteiger partial charge in [0.2, 0.25) is 0 Å². The molecule has 4 nitrogen and oxygen atoms in total. The first-order valence-corrected chi connectivity index (χ1v) is 5.59. The number of aryl methyl sites for hydroxylation is 1. The highest BCUT2D eigenvalue weighted by molar-refractivity contribution is 4.91. The zero-order valence-corrected chi connectivity index (χ0v) is 9.26. The van der Waals surface area contributed by atoms with E-state index in [1.54, 1.807) is 0 Å². The maximum atomic E-state index is 9.14. The van der Waals surface area contributed by atoms with Crippen molar-refractivity contribution >= 4 is 0 Å². The second-order valence-corrected chi connectivity index (χ2v) is 4.38. The number of aliphatic hydroxyl groups excluding tert-OH is 1. The summed E-state index contributed by atoms with van der Waals surface area (Å²) in [6, 6.07) is 0. The predicted molar refractivity (Wildman–Crippen MR) is 58.3 cm³/mol. The molecular formula is C11H19N3O. The van der Waals surface area contributed by atoms with Crippen LogP contribution in [0.2, 0.25) is 0 Å². The Morgan fingerprint density at radius 2 is 2.47 bits per heavy atom. The molecule has 1 saturated heterocycles. The molecule has 0 saturated carbocycles. The molecule has 1 aromatic heterocycles. The summed E-state index contributed by atoms with van der Waals surface area (Å²) < 4.78 is 2.06. The van der Waals surface area contributed by atoms with E-state index in [0.29, 0.717) is 12.5 Å². The van der Waals surface area contributed by atoms with E-state index in [2.05, 4.69) is 14.5 Å². The molecule has 1 atom stereocenters. The third-order valence-electron chi connectivity index (χ3n) is 3.15. The largest absolute Gasteiger partial charge is 0.396 e. The third kappa shape index (κ3) is 2.58. The van der Waals surface area contributed by atoms with Gasteiger partial charge in [-0.05, 0) is 25.3 Å². The van der Waals surface area contributed by atoms with Crippen LogP contribution in [0.25, 0.3) is 0 Å². The molecule has 0 spiro atoms. The second-order valence-electron chi connectivity index (χ2n) is 4.38. The summed E-state index contributed by atoms with van der Waals surface area (Å²) in [5.74, 6) is 1.56. The van der Waals surface area contributed by atoms with E-state index in [1.165, 1.54) is 6.42 Å². The van der Waals surface area contributed by atoms with Crippen molar-refractivity contribution in [1.29, 1.82) is 0 Å². The molecule has 2 heterocycles. The zero-order valence-electron chi connectivity index (χ0n) is 9.26. The molecule has 1 aliphatic rings. The van der Waals surface area contributed by atoms with Gasteiger partial charge in [-0.25, -0.2) is 4.98 Å². The van der Waals surface area contributed by atoms with Crippen LogP contribution in [0.15, 0.2) is 12.4 Å². The van der Waals surface area contributed by atoms with E-state index in [1.807, 2.05) is 19.4 Å². The third-order valence-corrected chi connectivity index (χ3v) is 3.15. The molecule has 1 aliphatic heterocycles. The van der Waals surface area contributed by atoms with E-state index in [4.69, 9.17) is 5.11 Å². The minimum atomic E-state index is 0.317. The van der Waals surface area contributed by atoms with Crippen LogP contribution in [0, 0.1) is 5.92 Å². The first-order valence-electron chi connectivity index (χ1n) is 5.59. The minimum absolute atomic E-state index is 0.317. The molecule has 1 aromatic rings. The van der Waals surface area contributed by atoms with Crippen molar-refractivity contribution in [3.8, 4) is 0 Å². The summed E-state index contributed by atoms with van der Waals surface area (Å²) in [5.41, 5.74) is 0. The second kappa shape index (κ2) is 4.77. The average Bonchev–Trinajstić information content (AvgIpc) is 2.65. The van der Waals surface area contributed by atoms with Gasteiger partial charge in [-0.1, -0.05) is 0 Å². The number of nitrogens with zero attached hydrogens (tertiary/aromatic N) is 3. The van der Waals surface area contributed by atoms with Gasteiger partial charge in [0.05, 0.1) is 6.54 Å². The van der Waals surface area contributed by atoms with Gasteiger partial charge in [-0.2, -0.15) is 0 Å². The minimum Gasteiger partial charge on any atom is -0.396 e. The number of rotatable bonds is 3. The number of likely N-dealkylation sites (tertiary alicyclic amines) is 1. The van der Waals surface area contributed by atoms with Gasteiger partial charge in [0.15, 0.2) is 0 Å². The smallest absolute Gasteiger partial charge is 0.122 e. The van der Waals surface area contributed by atoms with E-state index in [9.17, 15) is 0 Å². The molecule has 0 aromatic carbocycles. The van der Waals surface area contributed by atoms with Crippen LogP contribution >= 0.6 is 0 Å². The lowest BCUT2D eigenvalue weighted by Gasteiger charge is -2.31. The topological polar surface area (TPSA) is 41.3 Å². The predicted octanol–water partition coefficient (Wildman–Crippen LogP) is 0.624. The summed E-state index contributed by atoms with van der Waals surface area (Å²) in [5, 5.41) is 9.14. The standard InChI is InChI=1S/C11H19N3O/c1-13-6-4-12-11(13)8-14-5-2-3-10(7-14)9-15/h4,6,10,15H,2-3,5,7-9H2,1H3/t10-/m1/s1. The average molecular weight is 209 g/mol. The van der Waals surface area contributed by atoms with Crippen LogP contribution in [0.3, 0.4) is 0 Å². The Labute approximate surface area is 90.5 Å². The van der Waals surface area contributed by atoms with Crippen LogP contribution in [-0.4, -0.2) is 39.3 Å². The van der Waals surface area contributed by atoms with E-state index >= 15 is 0 Å². The van der Waals surface area contributed by atoms with Crippen LogP contribution < -0.4 is 0 Å². The van der Waals surface area contributed by atoms with Gasteiger partial charge in [0.25, 0.3) is 0 Å². The lowest BCUT2D eigenvalue weighted by molar-refractivity contribution is 0.113. The maximum Gasteiger partial charge on any atom is 0.122 e. The molecule has 0 radical (unpaired) electrons. The Balaban J connectivity index is 1.92. The maximum absolute atomic E-state index is 9.14. The summed E-state index contributed by atoms with van der Waals surface area (Å²) in [6.45, 7) is 3.35. The normalized spacial score (nSPS) is 23.2. The van der Waals surface area contributed by atoms with E-state index in [-0.39, 0.29) is 0 Å². The van der Waals surface area contributed by atoms with Crippen molar-refractivity contribution in [2.45, 2.75) is 19.4 Å². The highest BCUT2D eigenvalue weighted by Gasteiger charge is 2.19. The van der Waals surface area contributed by atoms with Crippen LogP contribution in [0.1, 0.15) is 18.7 Å². The Morgan fingerprint density at radius 3 is 3.13 bits per heavy atom. The summed E-state index contributed by atoms with van der Waals surface area (Å²) in [4.78, 5) is 6.70. The molecule has 4 heteroatoms. The van der Waals surface area contributed by atoms with Crippen molar-refractivity contribution in [3.63, 3.8) is 0 Å². The molecule has 0 unspecified atom stereocenters. The fourth-order valence-corrected chi connectivity index (χ4v) is 2.19. The molecule has 84 valence electrons. The zero-order chi connectivity index (χ0) is 10.7. The van der Waals surface area contributed by atoms with E-state index < -0.39 is 0 Å². The summed E-state index contributed by atoms with van der Waals surface area (Å²) in [7, 11) is 2.02. The Kier molecular flexibility index (Phi) is 3.38. The number of aromatic nitrogens is 2. The number of piperidine rings is 1. The van der Waals surface area contributed by atoms with Crippen molar-refractivity contribution < 1.29 is 5.11 Å². The van der Waals surface area contributed by atoms with Crippen LogP contribution in [0.5, 0.6) is 0 Å². The molecule has 0 bridgehead atoms. The fraction of sp³-hybridized carbons (Fsp3) is 0.727. The summed E-state index contributed by atoms with van der Waals surface area (Å²) in [6.07, 6.45) is 6.16. The molecular weight excluding hydrogens is 190 g/mol. The Morgan fingerprint density at radius 1 is 1.60 bits per heavy atom. The SMILES string of the molecule is Cn1ccnc1CN1CCC[C@@H](CO)C1. The highest BCUT2D eigenvalue weighted by Crippen LogP contribution is 2.17. The van der Waals surface area contributed by atoms with Crippen molar-refractivity contribution in [1.82, 2.24) is 14.5 Å². The lowest BCUT2D eigenvalue weighted by atomic mass is 9.99. The molecule has 0 amide bonds. The van der Waals surface area contributed by atoms with Crippen molar-refractivity contribution in [3.05, 3.63) is 18.2 Å². The number of hydrogen-bond acceptors (Lipinski definition) is 3. The molecule has 0 aliphatic carbocycles. The highest BCUT2D eigenvalue weighted by atomic mass is 16.3. The van der Waals surface area contributed by atoms with Crippen molar-refractivity contribution in [2.75, 3.05) is 19.7 Å². The van der Waals surface area contributed by atoms with Gasteiger partial charge in [-0.3, -0.25) is 4.90 Å². The Hall–Kier alpha value is -0.870. The number of imidazole rings is 1. The molecule has 1 fully saturated rings. The van der Waals surface area contributed by atoms with Gasteiger partial charge in [-0.15, -0.1) is 0 Å². The first kappa shape index (κ1) is 10.6. The summed E-state index contributed by atoms with van der Waals surface area (Å²) >= 11 is 0. The number of aliphatic hydroxyl groups is 1. The monoisotopic (exact) mass is 209 g/mol. The van der Waals surface area contributed by atoms with Crippen molar-refractivity contribution in [2.24, 2.45) is 13.0 Å². The fourth-order valence-electron chi connectivity index (χ4n) is 2.19. The first-order chi connectivity index (χ1) is 7.29. The number of hydrogen-bond donors (Lipinski definition) is 1. The molecule has 1 N–H and O–H groups in total.